The van der Waals surface area contributed by atoms with Crippen molar-refractivity contribution in [3.8, 4) is 5.82 Å². The summed E-state index contributed by atoms with van der Waals surface area (Å²) < 4.78 is 3.57. The van der Waals surface area contributed by atoms with Gasteiger partial charge in [-0.3, -0.25) is 9.48 Å². The molecule has 1 aliphatic rings. The Hall–Kier alpha value is -2.08. The number of aryl methyl sites for hydroxylation is 1. The zero-order valence-electron chi connectivity index (χ0n) is 12.3. The maximum atomic E-state index is 12.7. The molecule has 21 heavy (non-hydrogen) atoms. The quantitative estimate of drug-likeness (QED) is 0.898. The van der Waals surface area contributed by atoms with E-state index in [9.17, 15) is 9.90 Å². The lowest BCUT2D eigenvalue weighted by atomic mass is 9.96. The van der Waals surface area contributed by atoms with Crippen LogP contribution in [-0.4, -0.2) is 49.5 Å². The Balaban J connectivity index is 1.89. The first-order valence-corrected chi connectivity index (χ1v) is 7.20. The van der Waals surface area contributed by atoms with Crippen LogP contribution in [0.5, 0.6) is 0 Å². The van der Waals surface area contributed by atoms with Gasteiger partial charge in [-0.05, 0) is 24.5 Å². The topological polar surface area (TPSA) is 63.3 Å². The molecule has 1 aliphatic heterocycles. The predicted octanol–water partition coefficient (Wildman–Crippen LogP) is 1.05. The minimum atomic E-state index is -0.450. The highest BCUT2D eigenvalue weighted by molar-refractivity contribution is 5.97. The second kappa shape index (κ2) is 5.37. The molecule has 0 spiro atoms. The van der Waals surface area contributed by atoms with Crippen LogP contribution in [-0.2, 0) is 7.05 Å². The monoisotopic (exact) mass is 288 g/mol. The van der Waals surface area contributed by atoms with E-state index < -0.39 is 6.10 Å². The summed E-state index contributed by atoms with van der Waals surface area (Å²) >= 11 is 0. The van der Waals surface area contributed by atoms with Gasteiger partial charge in [-0.1, -0.05) is 6.92 Å². The molecule has 0 bridgehead atoms. The first-order chi connectivity index (χ1) is 10.1. The van der Waals surface area contributed by atoms with Crippen molar-refractivity contribution in [2.45, 2.75) is 19.4 Å². The van der Waals surface area contributed by atoms with Gasteiger partial charge in [0.25, 0.3) is 5.91 Å². The fraction of sp³-hybridized carbons (Fsp3) is 0.467. The van der Waals surface area contributed by atoms with Crippen LogP contribution in [0.1, 0.15) is 23.7 Å². The van der Waals surface area contributed by atoms with Crippen LogP contribution in [0.3, 0.4) is 0 Å². The molecule has 0 radical (unpaired) electrons. The van der Waals surface area contributed by atoms with Crippen molar-refractivity contribution in [2.75, 3.05) is 13.1 Å². The first-order valence-electron chi connectivity index (χ1n) is 7.20. The van der Waals surface area contributed by atoms with E-state index >= 15 is 0 Å². The van der Waals surface area contributed by atoms with Crippen LogP contribution in [0, 0.1) is 5.92 Å². The van der Waals surface area contributed by atoms with E-state index in [0.717, 1.165) is 12.2 Å². The lowest BCUT2D eigenvalue weighted by Gasteiger charge is -2.34. The van der Waals surface area contributed by atoms with Crippen LogP contribution < -0.4 is 0 Å². The number of aliphatic hydroxyl groups is 1. The lowest BCUT2D eigenvalue weighted by molar-refractivity contribution is 0.0248. The van der Waals surface area contributed by atoms with Gasteiger partial charge in [-0.2, -0.15) is 5.10 Å². The zero-order chi connectivity index (χ0) is 15.0. The Kier molecular flexibility index (Phi) is 3.55. The number of hydrogen-bond donors (Lipinski definition) is 1. The summed E-state index contributed by atoms with van der Waals surface area (Å²) in [5.74, 6) is 0.919. The first kappa shape index (κ1) is 13.9. The van der Waals surface area contributed by atoms with Gasteiger partial charge in [-0.25, -0.2) is 0 Å². The fourth-order valence-electron chi connectivity index (χ4n) is 2.77. The fourth-order valence-corrected chi connectivity index (χ4v) is 2.77. The van der Waals surface area contributed by atoms with Gasteiger partial charge in [0.1, 0.15) is 11.4 Å². The van der Waals surface area contributed by atoms with Crippen LogP contribution >= 0.6 is 0 Å². The summed E-state index contributed by atoms with van der Waals surface area (Å²) in [6, 6.07) is 3.82. The second-order valence-electron chi connectivity index (χ2n) is 5.68. The maximum Gasteiger partial charge on any atom is 0.259 e. The van der Waals surface area contributed by atoms with E-state index in [-0.39, 0.29) is 11.8 Å². The van der Waals surface area contributed by atoms with Crippen molar-refractivity contribution in [1.29, 1.82) is 0 Å². The number of amides is 1. The molecular weight excluding hydrogens is 268 g/mol. The normalized spacial score (nSPS) is 22.5. The number of piperidine rings is 1. The molecule has 2 aromatic rings. The van der Waals surface area contributed by atoms with Gasteiger partial charge in [-0.15, -0.1) is 0 Å². The minimum absolute atomic E-state index is 0.0715. The zero-order valence-corrected chi connectivity index (χ0v) is 12.3. The molecule has 2 unspecified atom stereocenters. The van der Waals surface area contributed by atoms with Gasteiger partial charge in [0.2, 0.25) is 0 Å². The predicted molar refractivity (Wildman–Crippen MR) is 78.2 cm³/mol. The summed E-state index contributed by atoms with van der Waals surface area (Å²) in [7, 11) is 1.82. The number of carbonyl (C=O) groups is 1. The van der Waals surface area contributed by atoms with E-state index in [1.54, 1.807) is 15.8 Å². The van der Waals surface area contributed by atoms with Crippen molar-refractivity contribution in [2.24, 2.45) is 13.0 Å². The molecule has 3 heterocycles. The Morgan fingerprint density at radius 3 is 2.76 bits per heavy atom. The smallest absolute Gasteiger partial charge is 0.259 e. The Bertz CT molecular complexity index is 632. The number of rotatable bonds is 2. The van der Waals surface area contributed by atoms with E-state index in [4.69, 9.17) is 0 Å². The summed E-state index contributed by atoms with van der Waals surface area (Å²) in [5.41, 5.74) is 0.565. The van der Waals surface area contributed by atoms with Crippen LogP contribution in [0.2, 0.25) is 0 Å². The summed E-state index contributed by atoms with van der Waals surface area (Å²) in [6.07, 6.45) is 5.75. The molecule has 1 fully saturated rings. The second-order valence-corrected chi connectivity index (χ2v) is 5.68. The van der Waals surface area contributed by atoms with Crippen molar-refractivity contribution in [3.05, 3.63) is 36.3 Å². The lowest BCUT2D eigenvalue weighted by Crippen LogP contribution is -2.46. The third-order valence-corrected chi connectivity index (χ3v) is 4.19. The van der Waals surface area contributed by atoms with E-state index in [2.05, 4.69) is 5.10 Å². The van der Waals surface area contributed by atoms with E-state index in [0.29, 0.717) is 18.7 Å². The average molecular weight is 288 g/mol. The number of aromatic nitrogens is 3. The number of hydrogen-bond acceptors (Lipinski definition) is 3. The van der Waals surface area contributed by atoms with Gasteiger partial charge >= 0.3 is 0 Å². The molecule has 0 saturated carbocycles. The van der Waals surface area contributed by atoms with Crippen LogP contribution in [0.4, 0.5) is 0 Å². The molecule has 2 atom stereocenters. The Labute approximate surface area is 123 Å². The largest absolute Gasteiger partial charge is 0.391 e. The molecule has 3 rings (SSSR count). The highest BCUT2D eigenvalue weighted by Gasteiger charge is 2.30. The number of likely N-dealkylation sites (tertiary alicyclic amines) is 1. The molecular formula is C15H20N4O2. The van der Waals surface area contributed by atoms with Crippen molar-refractivity contribution in [1.82, 2.24) is 19.2 Å². The molecule has 1 saturated heterocycles. The summed E-state index contributed by atoms with van der Waals surface area (Å²) in [6.45, 7) is 3.08. The van der Waals surface area contributed by atoms with E-state index in [1.165, 1.54) is 0 Å². The summed E-state index contributed by atoms with van der Waals surface area (Å²) in [5, 5.41) is 14.2. The summed E-state index contributed by atoms with van der Waals surface area (Å²) in [4.78, 5) is 14.4. The van der Waals surface area contributed by atoms with Gasteiger partial charge in [0.05, 0.1) is 12.3 Å². The number of nitrogens with zero attached hydrogens (tertiary/aromatic N) is 4. The Morgan fingerprint density at radius 1 is 1.38 bits per heavy atom. The highest BCUT2D eigenvalue weighted by Crippen LogP contribution is 2.21. The third-order valence-electron chi connectivity index (χ3n) is 4.19. The average Bonchev–Trinajstić information content (AvgIpc) is 3.10. The van der Waals surface area contributed by atoms with Gasteiger partial charge < -0.3 is 14.6 Å². The van der Waals surface area contributed by atoms with Crippen LogP contribution in [0.25, 0.3) is 5.82 Å². The van der Waals surface area contributed by atoms with E-state index in [1.807, 2.05) is 43.1 Å². The number of β-amino-alcohol motifs (C(OH)–C–C–N with tert-alkyl or cyclic N) is 1. The standard InChI is InChI=1S/C15H20N4O2/c1-11-5-8-19(10-13(11)20)15(21)12-9-16-17(2)14(12)18-6-3-4-7-18/h3-4,6-7,9,11,13,20H,5,8,10H2,1-2H3. The maximum absolute atomic E-state index is 12.7. The minimum Gasteiger partial charge on any atom is -0.391 e. The molecule has 0 aliphatic carbocycles. The van der Waals surface area contributed by atoms with Crippen LogP contribution in [0.15, 0.2) is 30.7 Å². The molecule has 1 amide bonds. The number of carbonyl (C=O) groups excluding carboxylic acids is 1. The molecule has 1 N–H and O–H groups in total. The molecule has 6 heteroatoms. The van der Waals surface area contributed by atoms with Crippen molar-refractivity contribution in [3.63, 3.8) is 0 Å². The SMILES string of the molecule is CC1CCN(C(=O)c2cnn(C)c2-n2cccc2)CC1O. The van der Waals surface area contributed by atoms with Crippen molar-refractivity contribution < 1.29 is 9.90 Å². The van der Waals surface area contributed by atoms with Gasteiger partial charge in [0, 0.05) is 32.5 Å². The molecule has 6 nitrogen and oxygen atoms in total. The number of aliphatic hydroxyl groups excluding tert-OH is 1. The van der Waals surface area contributed by atoms with Gasteiger partial charge in [0.15, 0.2) is 0 Å². The molecule has 112 valence electrons. The molecule has 0 aromatic carbocycles. The van der Waals surface area contributed by atoms with Crippen molar-refractivity contribution >= 4 is 5.91 Å². The Morgan fingerprint density at radius 2 is 2.10 bits per heavy atom. The third kappa shape index (κ3) is 2.47. The highest BCUT2D eigenvalue weighted by atomic mass is 16.3. The molecule has 2 aromatic heterocycles.